The lowest BCUT2D eigenvalue weighted by molar-refractivity contribution is 0.0667. The number of halogens is 1. The molecular formula is C17H21FN4O2. The van der Waals surface area contributed by atoms with E-state index in [4.69, 9.17) is 4.74 Å². The zero-order valence-corrected chi connectivity index (χ0v) is 14.1. The normalized spacial score (nSPS) is 17.8. The Kier molecular flexibility index (Phi) is 4.51. The lowest BCUT2D eigenvalue weighted by Crippen LogP contribution is -2.41. The van der Waals surface area contributed by atoms with Gasteiger partial charge in [0.05, 0.1) is 18.7 Å². The van der Waals surface area contributed by atoms with Gasteiger partial charge in [0.15, 0.2) is 0 Å². The number of amides is 1. The summed E-state index contributed by atoms with van der Waals surface area (Å²) in [4.78, 5) is 18.9. The van der Waals surface area contributed by atoms with E-state index in [1.54, 1.807) is 4.90 Å². The number of hydrogen-bond acceptors (Lipinski definition) is 4. The molecule has 1 aliphatic rings. The van der Waals surface area contributed by atoms with Crippen molar-refractivity contribution in [1.29, 1.82) is 0 Å². The fourth-order valence-corrected chi connectivity index (χ4v) is 3.24. The van der Waals surface area contributed by atoms with Crippen LogP contribution in [0, 0.1) is 19.7 Å². The number of methoxy groups -OCH3 is 1. The lowest BCUT2D eigenvalue weighted by Gasteiger charge is -2.33. The van der Waals surface area contributed by atoms with E-state index in [9.17, 15) is 9.18 Å². The number of rotatable bonds is 3. The first-order valence-corrected chi connectivity index (χ1v) is 8.02. The van der Waals surface area contributed by atoms with Gasteiger partial charge < -0.3 is 9.64 Å². The van der Waals surface area contributed by atoms with Crippen molar-refractivity contribution in [2.45, 2.75) is 32.7 Å². The van der Waals surface area contributed by atoms with E-state index in [1.165, 1.54) is 25.3 Å². The Labute approximate surface area is 140 Å². The predicted molar refractivity (Wildman–Crippen MR) is 86.6 cm³/mol. The molecule has 1 amide bonds. The number of aromatic nitrogens is 3. The maximum atomic E-state index is 13.6. The molecule has 2 heterocycles. The number of ether oxygens (including phenoxy) is 1. The van der Waals surface area contributed by atoms with E-state index in [0.29, 0.717) is 18.8 Å². The van der Waals surface area contributed by atoms with Gasteiger partial charge in [-0.25, -0.2) is 14.1 Å². The van der Waals surface area contributed by atoms with Crippen LogP contribution in [0.15, 0.2) is 18.2 Å². The van der Waals surface area contributed by atoms with Crippen molar-refractivity contribution >= 4 is 5.91 Å². The van der Waals surface area contributed by atoms with Gasteiger partial charge in [0.1, 0.15) is 23.2 Å². The van der Waals surface area contributed by atoms with Gasteiger partial charge in [0, 0.05) is 13.1 Å². The largest absolute Gasteiger partial charge is 0.496 e. The standard InChI is InChI=1S/C17H21FN4O2/c1-11-19-12(2)22(20-11)14-5-4-8-21(10-14)17(23)15-9-13(18)6-7-16(15)24-3/h6-7,9,14H,4-5,8,10H2,1-3H3/t14-/m0/s1. The molecular weight excluding hydrogens is 311 g/mol. The molecule has 3 rings (SSSR count). The number of carbonyl (C=O) groups is 1. The third kappa shape index (κ3) is 3.11. The van der Waals surface area contributed by atoms with Crippen LogP contribution in [0.5, 0.6) is 5.75 Å². The number of aryl methyl sites for hydroxylation is 2. The minimum Gasteiger partial charge on any atom is -0.496 e. The molecule has 128 valence electrons. The topological polar surface area (TPSA) is 60.2 Å². The number of hydrogen-bond donors (Lipinski definition) is 0. The number of carbonyl (C=O) groups excluding carboxylic acids is 1. The average molecular weight is 332 g/mol. The van der Waals surface area contributed by atoms with Crippen LogP contribution in [0.1, 0.15) is 40.9 Å². The summed E-state index contributed by atoms with van der Waals surface area (Å²) in [6.45, 7) is 4.94. The van der Waals surface area contributed by atoms with Gasteiger partial charge in [-0.1, -0.05) is 0 Å². The summed E-state index contributed by atoms with van der Waals surface area (Å²) in [5.74, 6) is 1.29. The highest BCUT2D eigenvalue weighted by Crippen LogP contribution is 2.26. The van der Waals surface area contributed by atoms with E-state index >= 15 is 0 Å². The summed E-state index contributed by atoms with van der Waals surface area (Å²) in [5, 5.41) is 4.43. The number of nitrogens with zero attached hydrogens (tertiary/aromatic N) is 4. The van der Waals surface area contributed by atoms with Crippen LogP contribution < -0.4 is 4.74 Å². The smallest absolute Gasteiger partial charge is 0.257 e. The van der Waals surface area contributed by atoms with Gasteiger partial charge in [-0.3, -0.25) is 4.79 Å². The van der Waals surface area contributed by atoms with Gasteiger partial charge in [-0.15, -0.1) is 0 Å². The van der Waals surface area contributed by atoms with Crippen LogP contribution in [0.2, 0.25) is 0 Å². The number of likely N-dealkylation sites (tertiary alicyclic amines) is 1. The molecule has 0 aliphatic carbocycles. The van der Waals surface area contributed by atoms with Crippen LogP contribution in [0.3, 0.4) is 0 Å². The van der Waals surface area contributed by atoms with Crippen molar-refractivity contribution in [3.8, 4) is 5.75 Å². The van der Waals surface area contributed by atoms with E-state index in [1.807, 2.05) is 18.5 Å². The second-order valence-corrected chi connectivity index (χ2v) is 6.04. The van der Waals surface area contributed by atoms with Crippen LogP contribution in [-0.4, -0.2) is 45.8 Å². The summed E-state index contributed by atoms with van der Waals surface area (Å²) in [6.07, 6.45) is 1.81. The molecule has 1 fully saturated rings. The molecule has 0 unspecified atom stereocenters. The Hall–Kier alpha value is -2.44. The molecule has 0 N–H and O–H groups in total. The molecule has 0 saturated carbocycles. The van der Waals surface area contributed by atoms with E-state index in [-0.39, 0.29) is 17.5 Å². The molecule has 1 atom stereocenters. The highest BCUT2D eigenvalue weighted by molar-refractivity contribution is 5.97. The SMILES string of the molecule is COc1ccc(F)cc1C(=O)N1CCC[C@H](n2nc(C)nc2C)C1. The summed E-state index contributed by atoms with van der Waals surface area (Å²) in [7, 11) is 1.48. The van der Waals surface area contributed by atoms with Crippen molar-refractivity contribution in [2.75, 3.05) is 20.2 Å². The first kappa shape index (κ1) is 16.4. The quantitative estimate of drug-likeness (QED) is 0.866. The second-order valence-electron chi connectivity index (χ2n) is 6.04. The maximum absolute atomic E-state index is 13.6. The van der Waals surface area contributed by atoms with Gasteiger partial charge in [0.2, 0.25) is 0 Å². The second kappa shape index (κ2) is 6.59. The fraction of sp³-hybridized carbons (Fsp3) is 0.471. The third-order valence-electron chi connectivity index (χ3n) is 4.33. The van der Waals surface area contributed by atoms with Gasteiger partial charge >= 0.3 is 0 Å². The van der Waals surface area contributed by atoms with Gasteiger partial charge in [0.25, 0.3) is 5.91 Å². The summed E-state index contributed by atoms with van der Waals surface area (Å²) < 4.78 is 20.7. The van der Waals surface area contributed by atoms with Crippen LogP contribution in [0.25, 0.3) is 0 Å². The average Bonchev–Trinajstić information content (AvgIpc) is 2.92. The van der Waals surface area contributed by atoms with Crippen LogP contribution >= 0.6 is 0 Å². The zero-order chi connectivity index (χ0) is 17.3. The molecule has 0 bridgehead atoms. The fourth-order valence-electron chi connectivity index (χ4n) is 3.24. The van der Waals surface area contributed by atoms with Crippen molar-refractivity contribution in [3.63, 3.8) is 0 Å². The van der Waals surface area contributed by atoms with Crippen LogP contribution in [-0.2, 0) is 0 Å². The molecule has 1 aromatic heterocycles. The van der Waals surface area contributed by atoms with E-state index < -0.39 is 5.82 Å². The summed E-state index contributed by atoms with van der Waals surface area (Å²) in [5.41, 5.74) is 0.254. The third-order valence-corrected chi connectivity index (χ3v) is 4.33. The summed E-state index contributed by atoms with van der Waals surface area (Å²) in [6, 6.07) is 4.09. The van der Waals surface area contributed by atoms with E-state index in [0.717, 1.165) is 24.5 Å². The molecule has 6 nitrogen and oxygen atoms in total. The van der Waals surface area contributed by atoms with Crippen molar-refractivity contribution < 1.29 is 13.9 Å². The molecule has 0 spiro atoms. The Morgan fingerprint density at radius 3 is 2.83 bits per heavy atom. The molecule has 1 aromatic carbocycles. The molecule has 1 saturated heterocycles. The Morgan fingerprint density at radius 2 is 2.17 bits per heavy atom. The van der Waals surface area contributed by atoms with Gasteiger partial charge in [-0.2, -0.15) is 5.10 Å². The van der Waals surface area contributed by atoms with Gasteiger partial charge in [-0.05, 0) is 44.9 Å². The highest BCUT2D eigenvalue weighted by atomic mass is 19.1. The Bertz CT molecular complexity index is 759. The zero-order valence-electron chi connectivity index (χ0n) is 14.1. The van der Waals surface area contributed by atoms with Crippen molar-refractivity contribution in [2.24, 2.45) is 0 Å². The minimum absolute atomic E-state index is 0.0865. The number of benzene rings is 1. The van der Waals surface area contributed by atoms with E-state index in [2.05, 4.69) is 10.1 Å². The maximum Gasteiger partial charge on any atom is 0.257 e. The van der Waals surface area contributed by atoms with Crippen molar-refractivity contribution in [3.05, 3.63) is 41.2 Å². The minimum atomic E-state index is -0.449. The van der Waals surface area contributed by atoms with Crippen LogP contribution in [0.4, 0.5) is 4.39 Å². The molecule has 2 aromatic rings. The highest BCUT2D eigenvalue weighted by Gasteiger charge is 2.28. The molecule has 24 heavy (non-hydrogen) atoms. The van der Waals surface area contributed by atoms with Crippen molar-refractivity contribution in [1.82, 2.24) is 19.7 Å². The predicted octanol–water partition coefficient (Wildman–Crippen LogP) is 2.52. The molecule has 1 aliphatic heterocycles. The Morgan fingerprint density at radius 1 is 1.38 bits per heavy atom. The number of piperidine rings is 1. The lowest BCUT2D eigenvalue weighted by atomic mass is 10.0. The first-order chi connectivity index (χ1) is 11.5. The molecule has 0 radical (unpaired) electrons. The first-order valence-electron chi connectivity index (χ1n) is 8.02. The monoisotopic (exact) mass is 332 g/mol. The summed E-state index contributed by atoms with van der Waals surface area (Å²) >= 11 is 0. The molecule has 7 heteroatoms. The Balaban J connectivity index is 1.83.